The average Bonchev–Trinajstić information content (AvgIpc) is 2.60. The number of hydrogen-bond donors (Lipinski definition) is 0. The molecule has 0 aromatic carbocycles. The van der Waals surface area contributed by atoms with Crippen molar-refractivity contribution in [1.82, 2.24) is 9.78 Å². The first-order valence-electron chi connectivity index (χ1n) is 6.17. The lowest BCUT2D eigenvalue weighted by atomic mass is 9.81. The van der Waals surface area contributed by atoms with Crippen LogP contribution in [0.3, 0.4) is 0 Å². The van der Waals surface area contributed by atoms with E-state index in [1.165, 1.54) is 30.5 Å². The van der Waals surface area contributed by atoms with Crippen molar-refractivity contribution in [2.45, 2.75) is 58.9 Å². The summed E-state index contributed by atoms with van der Waals surface area (Å²) in [6.07, 6.45) is 5.98. The van der Waals surface area contributed by atoms with Crippen LogP contribution >= 0.6 is 0 Å². The Morgan fingerprint density at radius 2 is 2.07 bits per heavy atom. The molecule has 1 heterocycles. The van der Waals surface area contributed by atoms with Crippen LogP contribution in [0.15, 0.2) is 6.20 Å². The fraction of sp³-hybridized carbons (Fsp3) is 0.769. The van der Waals surface area contributed by atoms with Crippen molar-refractivity contribution in [1.29, 1.82) is 0 Å². The third-order valence-corrected chi connectivity index (χ3v) is 3.52. The second-order valence-electron chi connectivity index (χ2n) is 5.34. The summed E-state index contributed by atoms with van der Waals surface area (Å²) >= 11 is 0. The van der Waals surface area contributed by atoms with Gasteiger partial charge in [0.05, 0.1) is 6.20 Å². The smallest absolute Gasteiger partial charge is 0.0524 e. The highest BCUT2D eigenvalue weighted by Gasteiger charge is 2.27. The van der Waals surface area contributed by atoms with E-state index in [4.69, 9.17) is 0 Å². The molecule has 0 saturated heterocycles. The Labute approximate surface area is 92.7 Å². The molecule has 0 amide bonds. The normalized spacial score (nSPS) is 21.1. The maximum atomic E-state index is 4.55. The van der Waals surface area contributed by atoms with Gasteiger partial charge >= 0.3 is 0 Å². The zero-order valence-electron chi connectivity index (χ0n) is 10.3. The quantitative estimate of drug-likeness (QED) is 0.723. The number of fused-ring (bicyclic) bond motifs is 1. The van der Waals surface area contributed by atoms with Gasteiger partial charge in [0.15, 0.2) is 0 Å². The first-order chi connectivity index (χ1) is 7.11. The number of rotatable bonds is 2. The molecule has 1 atom stereocenters. The van der Waals surface area contributed by atoms with Gasteiger partial charge < -0.3 is 0 Å². The van der Waals surface area contributed by atoms with Gasteiger partial charge in [-0.1, -0.05) is 13.8 Å². The van der Waals surface area contributed by atoms with Crippen LogP contribution in [0, 0.1) is 5.92 Å². The van der Waals surface area contributed by atoms with Crippen molar-refractivity contribution in [3.05, 3.63) is 17.5 Å². The van der Waals surface area contributed by atoms with Crippen molar-refractivity contribution < 1.29 is 0 Å². The molecule has 2 rings (SSSR count). The maximum Gasteiger partial charge on any atom is 0.0524 e. The van der Waals surface area contributed by atoms with Gasteiger partial charge in [0, 0.05) is 17.7 Å². The maximum absolute atomic E-state index is 4.55. The van der Waals surface area contributed by atoms with Crippen LogP contribution in [-0.4, -0.2) is 9.78 Å². The molecule has 1 aromatic rings. The van der Waals surface area contributed by atoms with Crippen LogP contribution < -0.4 is 0 Å². The zero-order chi connectivity index (χ0) is 11.0. The molecule has 1 aliphatic carbocycles. The summed E-state index contributed by atoms with van der Waals surface area (Å²) in [5.41, 5.74) is 3.01. The van der Waals surface area contributed by atoms with Crippen molar-refractivity contribution >= 4 is 0 Å². The molecule has 2 heteroatoms. The van der Waals surface area contributed by atoms with Gasteiger partial charge in [0.25, 0.3) is 0 Å². The fourth-order valence-corrected chi connectivity index (χ4v) is 2.72. The third-order valence-electron chi connectivity index (χ3n) is 3.52. The summed E-state index contributed by atoms with van der Waals surface area (Å²) < 4.78 is 2.24. The fourth-order valence-electron chi connectivity index (χ4n) is 2.72. The molecule has 0 unspecified atom stereocenters. The van der Waals surface area contributed by atoms with Gasteiger partial charge in [-0.05, 0) is 44.6 Å². The molecular formula is C13H22N2. The molecule has 0 fully saturated rings. The summed E-state index contributed by atoms with van der Waals surface area (Å²) in [5.74, 6) is 1.46. The average molecular weight is 206 g/mol. The highest BCUT2D eigenvalue weighted by Crippen LogP contribution is 2.37. The van der Waals surface area contributed by atoms with E-state index in [-0.39, 0.29) is 0 Å². The van der Waals surface area contributed by atoms with Crippen LogP contribution in [0.2, 0.25) is 0 Å². The van der Waals surface area contributed by atoms with Crippen molar-refractivity contribution in [3.63, 3.8) is 0 Å². The van der Waals surface area contributed by atoms with E-state index in [0.717, 1.165) is 11.8 Å². The molecule has 0 aliphatic heterocycles. The van der Waals surface area contributed by atoms with Crippen molar-refractivity contribution in [2.75, 3.05) is 0 Å². The second kappa shape index (κ2) is 3.99. The van der Waals surface area contributed by atoms with Gasteiger partial charge in [-0.2, -0.15) is 5.10 Å². The van der Waals surface area contributed by atoms with Crippen LogP contribution in [-0.2, 0) is 6.42 Å². The predicted octanol–water partition coefficient (Wildman–Crippen LogP) is 3.54. The number of aromatic nitrogens is 2. The summed E-state index contributed by atoms with van der Waals surface area (Å²) in [4.78, 5) is 0. The highest BCUT2D eigenvalue weighted by atomic mass is 15.3. The predicted molar refractivity (Wildman–Crippen MR) is 63.1 cm³/mol. The van der Waals surface area contributed by atoms with Crippen molar-refractivity contribution in [3.8, 4) is 0 Å². The molecule has 0 spiro atoms. The van der Waals surface area contributed by atoms with Gasteiger partial charge in [0.1, 0.15) is 0 Å². The van der Waals surface area contributed by atoms with Crippen LogP contribution in [0.1, 0.15) is 63.8 Å². The lowest BCUT2D eigenvalue weighted by molar-refractivity contribution is 0.385. The van der Waals surface area contributed by atoms with E-state index in [1.807, 2.05) is 0 Å². The monoisotopic (exact) mass is 206 g/mol. The SMILES string of the molecule is CC(C)[C@H]1CCCc2cnn(C(C)C)c21. The third kappa shape index (κ3) is 1.82. The highest BCUT2D eigenvalue weighted by molar-refractivity contribution is 5.25. The van der Waals surface area contributed by atoms with E-state index in [2.05, 4.69) is 43.7 Å². The molecule has 0 radical (unpaired) electrons. The number of aryl methyl sites for hydroxylation is 1. The Bertz CT molecular complexity index is 336. The Morgan fingerprint density at radius 3 is 2.67 bits per heavy atom. The molecule has 0 bridgehead atoms. The zero-order valence-corrected chi connectivity index (χ0v) is 10.3. The Kier molecular flexibility index (Phi) is 2.85. The van der Waals surface area contributed by atoms with Crippen LogP contribution in [0.5, 0.6) is 0 Å². The van der Waals surface area contributed by atoms with E-state index in [0.29, 0.717) is 6.04 Å². The second-order valence-corrected chi connectivity index (χ2v) is 5.34. The molecule has 1 aromatic heterocycles. The number of hydrogen-bond acceptors (Lipinski definition) is 1. The van der Waals surface area contributed by atoms with E-state index in [1.54, 1.807) is 0 Å². The van der Waals surface area contributed by atoms with E-state index in [9.17, 15) is 0 Å². The molecular weight excluding hydrogens is 184 g/mol. The van der Waals surface area contributed by atoms with Crippen LogP contribution in [0.25, 0.3) is 0 Å². The Hall–Kier alpha value is -0.790. The van der Waals surface area contributed by atoms with E-state index < -0.39 is 0 Å². The lowest BCUT2D eigenvalue weighted by Gasteiger charge is -2.28. The van der Waals surface area contributed by atoms with Gasteiger partial charge in [0.2, 0.25) is 0 Å². The summed E-state index contributed by atoms with van der Waals surface area (Å²) in [6.45, 7) is 9.10. The molecule has 15 heavy (non-hydrogen) atoms. The largest absolute Gasteiger partial charge is 0.267 e. The minimum absolute atomic E-state index is 0.494. The van der Waals surface area contributed by atoms with Crippen LogP contribution in [0.4, 0.5) is 0 Å². The van der Waals surface area contributed by atoms with Crippen molar-refractivity contribution in [2.24, 2.45) is 5.92 Å². The molecule has 0 saturated carbocycles. The number of nitrogens with zero attached hydrogens (tertiary/aromatic N) is 2. The van der Waals surface area contributed by atoms with Gasteiger partial charge in [-0.3, -0.25) is 4.68 Å². The standard InChI is InChI=1S/C13H22N2/c1-9(2)12-7-5-6-11-8-14-15(10(3)4)13(11)12/h8-10,12H,5-7H2,1-4H3/t12-/m1/s1. The van der Waals surface area contributed by atoms with E-state index >= 15 is 0 Å². The minimum Gasteiger partial charge on any atom is -0.267 e. The summed E-state index contributed by atoms with van der Waals surface area (Å²) in [7, 11) is 0. The summed E-state index contributed by atoms with van der Waals surface area (Å²) in [5, 5.41) is 4.55. The molecule has 1 aliphatic rings. The first kappa shape index (κ1) is 10.7. The summed E-state index contributed by atoms with van der Waals surface area (Å²) in [6, 6.07) is 0.494. The first-order valence-corrected chi connectivity index (χ1v) is 6.17. The molecule has 84 valence electrons. The van der Waals surface area contributed by atoms with Gasteiger partial charge in [-0.25, -0.2) is 0 Å². The van der Waals surface area contributed by atoms with Gasteiger partial charge in [-0.15, -0.1) is 0 Å². The molecule has 2 nitrogen and oxygen atoms in total. The lowest BCUT2D eigenvalue weighted by Crippen LogP contribution is -2.19. The molecule has 0 N–H and O–H groups in total. The Balaban J connectivity index is 2.43. The topological polar surface area (TPSA) is 17.8 Å². The Morgan fingerprint density at radius 1 is 1.33 bits per heavy atom. The minimum atomic E-state index is 0.494.